The Morgan fingerprint density at radius 1 is 1.00 bits per heavy atom. The molecule has 1 aliphatic heterocycles. The minimum atomic E-state index is -0.313. The molecule has 1 aliphatic carbocycles. The van der Waals surface area contributed by atoms with Crippen molar-refractivity contribution < 1.29 is 14.7 Å². The maximum absolute atomic E-state index is 13.4. The zero-order valence-electron chi connectivity index (χ0n) is 20.3. The number of aromatic hydroxyl groups is 1. The van der Waals surface area contributed by atoms with Gasteiger partial charge in [0, 0.05) is 42.5 Å². The first-order valence-corrected chi connectivity index (χ1v) is 12.8. The number of carbonyl (C=O) groups is 2. The summed E-state index contributed by atoms with van der Waals surface area (Å²) in [4.78, 5) is 30.4. The molecular weight excluding hydrogens is 474 g/mol. The van der Waals surface area contributed by atoms with Gasteiger partial charge >= 0.3 is 0 Å². The lowest BCUT2D eigenvalue weighted by molar-refractivity contribution is 0.0709. The number of nitrogens with one attached hydrogen (secondary N) is 1. The SMILES string of the molecule is CN(C(=O)c1ccc2c(c1)C(NC(=O)c1ccccc1O)CC2)C1CCN(c2ccc(Cl)cc2)CC1. The van der Waals surface area contributed by atoms with Gasteiger partial charge in [0.05, 0.1) is 11.6 Å². The number of nitrogens with zero attached hydrogens (tertiary/aromatic N) is 2. The Morgan fingerprint density at radius 3 is 2.44 bits per heavy atom. The van der Waals surface area contributed by atoms with Crippen LogP contribution in [0, 0.1) is 0 Å². The number of anilines is 1. The zero-order chi connectivity index (χ0) is 25.2. The third-order valence-electron chi connectivity index (χ3n) is 7.45. The van der Waals surface area contributed by atoms with Crippen molar-refractivity contribution in [2.24, 2.45) is 0 Å². The van der Waals surface area contributed by atoms with Crippen LogP contribution in [0.3, 0.4) is 0 Å². The number of para-hydroxylation sites is 1. The Morgan fingerprint density at radius 2 is 1.72 bits per heavy atom. The minimum Gasteiger partial charge on any atom is -0.507 e. The van der Waals surface area contributed by atoms with Crippen LogP contribution in [0.1, 0.15) is 57.1 Å². The molecule has 0 aromatic heterocycles. The lowest BCUT2D eigenvalue weighted by atomic mass is 10.00. The van der Waals surface area contributed by atoms with Gasteiger partial charge in [-0.05, 0) is 85.3 Å². The first kappa shape index (κ1) is 24.2. The Labute approximate surface area is 216 Å². The molecule has 3 aromatic rings. The third kappa shape index (κ3) is 4.91. The van der Waals surface area contributed by atoms with E-state index in [1.807, 2.05) is 54.4 Å². The first-order valence-electron chi connectivity index (χ1n) is 12.4. The fraction of sp³-hybridized carbons (Fsp3) is 0.310. The number of hydrogen-bond acceptors (Lipinski definition) is 4. The lowest BCUT2D eigenvalue weighted by Gasteiger charge is -2.38. The second kappa shape index (κ2) is 10.2. The molecule has 6 nitrogen and oxygen atoms in total. The molecule has 2 aliphatic rings. The van der Waals surface area contributed by atoms with Gasteiger partial charge in [-0.25, -0.2) is 0 Å². The average molecular weight is 504 g/mol. The summed E-state index contributed by atoms with van der Waals surface area (Å²) in [6.07, 6.45) is 3.41. The van der Waals surface area contributed by atoms with Crippen LogP contribution in [-0.4, -0.2) is 48.0 Å². The number of aryl methyl sites for hydroxylation is 1. The summed E-state index contributed by atoms with van der Waals surface area (Å²) >= 11 is 6.02. The van der Waals surface area contributed by atoms with Gasteiger partial charge in [0.15, 0.2) is 0 Å². The van der Waals surface area contributed by atoms with Gasteiger partial charge in [0.25, 0.3) is 11.8 Å². The summed E-state index contributed by atoms with van der Waals surface area (Å²) in [5.41, 5.74) is 4.17. The normalized spacial score (nSPS) is 17.5. The van der Waals surface area contributed by atoms with Gasteiger partial charge in [0.2, 0.25) is 0 Å². The molecule has 0 spiro atoms. The summed E-state index contributed by atoms with van der Waals surface area (Å²) in [7, 11) is 1.88. The highest BCUT2D eigenvalue weighted by Crippen LogP contribution is 2.33. The van der Waals surface area contributed by atoms with E-state index < -0.39 is 0 Å². The van der Waals surface area contributed by atoms with E-state index in [0.29, 0.717) is 5.56 Å². The molecule has 0 saturated carbocycles. The van der Waals surface area contributed by atoms with E-state index in [2.05, 4.69) is 10.2 Å². The highest BCUT2D eigenvalue weighted by atomic mass is 35.5. The number of phenols is 1. The molecule has 1 heterocycles. The van der Waals surface area contributed by atoms with Crippen molar-refractivity contribution in [3.05, 3.63) is 94.0 Å². The third-order valence-corrected chi connectivity index (χ3v) is 7.70. The largest absolute Gasteiger partial charge is 0.507 e. The molecule has 3 aromatic carbocycles. The Balaban J connectivity index is 1.24. The molecule has 186 valence electrons. The lowest BCUT2D eigenvalue weighted by Crippen LogP contribution is -2.45. The fourth-order valence-electron chi connectivity index (χ4n) is 5.32. The number of halogens is 1. The minimum absolute atomic E-state index is 0.000392. The molecule has 1 saturated heterocycles. The van der Waals surface area contributed by atoms with Gasteiger partial charge in [-0.1, -0.05) is 29.8 Å². The second-order valence-corrected chi connectivity index (χ2v) is 10.0. The predicted octanol–water partition coefficient (Wildman–Crippen LogP) is 5.20. The number of fused-ring (bicyclic) bond motifs is 1. The van der Waals surface area contributed by atoms with Gasteiger partial charge < -0.3 is 20.2 Å². The van der Waals surface area contributed by atoms with E-state index in [4.69, 9.17) is 11.6 Å². The second-order valence-electron chi connectivity index (χ2n) is 9.61. The van der Waals surface area contributed by atoms with E-state index in [1.165, 1.54) is 6.07 Å². The summed E-state index contributed by atoms with van der Waals surface area (Å²) in [5, 5.41) is 13.8. The van der Waals surface area contributed by atoms with Gasteiger partial charge in [-0.15, -0.1) is 0 Å². The highest BCUT2D eigenvalue weighted by Gasteiger charge is 2.29. The van der Waals surface area contributed by atoms with Crippen LogP contribution in [0.5, 0.6) is 5.75 Å². The smallest absolute Gasteiger partial charge is 0.255 e. The van der Waals surface area contributed by atoms with Crippen molar-refractivity contribution in [3.8, 4) is 5.75 Å². The highest BCUT2D eigenvalue weighted by molar-refractivity contribution is 6.30. The molecule has 36 heavy (non-hydrogen) atoms. The van der Waals surface area contributed by atoms with Crippen LogP contribution < -0.4 is 10.2 Å². The van der Waals surface area contributed by atoms with Crippen LogP contribution in [-0.2, 0) is 6.42 Å². The number of benzene rings is 3. The topological polar surface area (TPSA) is 72.9 Å². The monoisotopic (exact) mass is 503 g/mol. The van der Waals surface area contributed by atoms with Crippen molar-refractivity contribution >= 4 is 29.1 Å². The molecule has 5 rings (SSSR count). The Hall–Kier alpha value is -3.51. The van der Waals surface area contributed by atoms with E-state index in [9.17, 15) is 14.7 Å². The van der Waals surface area contributed by atoms with Gasteiger partial charge in [0.1, 0.15) is 5.75 Å². The van der Waals surface area contributed by atoms with Crippen molar-refractivity contribution in [2.75, 3.05) is 25.0 Å². The van der Waals surface area contributed by atoms with Crippen molar-refractivity contribution in [2.45, 2.75) is 37.8 Å². The molecule has 0 bridgehead atoms. The Bertz CT molecular complexity index is 1270. The van der Waals surface area contributed by atoms with Crippen LogP contribution in [0.25, 0.3) is 0 Å². The number of hydrogen-bond donors (Lipinski definition) is 2. The molecule has 2 amide bonds. The van der Waals surface area contributed by atoms with Gasteiger partial charge in [-0.3, -0.25) is 9.59 Å². The van der Waals surface area contributed by atoms with Crippen molar-refractivity contribution in [3.63, 3.8) is 0 Å². The standard InChI is InChI=1S/C29H30ClN3O3/c1-32(22-14-16-33(17-15-22)23-11-9-21(30)10-12-23)29(36)20-7-6-19-8-13-26(25(19)18-20)31-28(35)24-4-2-3-5-27(24)34/h2-7,9-12,18,22,26,34H,8,13-17H2,1H3,(H,31,35). The van der Waals surface area contributed by atoms with E-state index >= 15 is 0 Å². The molecule has 1 unspecified atom stereocenters. The number of carbonyl (C=O) groups excluding carboxylic acids is 2. The maximum atomic E-state index is 13.4. The van der Waals surface area contributed by atoms with Gasteiger partial charge in [-0.2, -0.15) is 0 Å². The summed E-state index contributed by atoms with van der Waals surface area (Å²) < 4.78 is 0. The van der Waals surface area contributed by atoms with Crippen molar-refractivity contribution in [1.29, 1.82) is 0 Å². The summed E-state index contributed by atoms with van der Waals surface area (Å²) in [6.45, 7) is 1.77. The number of rotatable bonds is 5. The quantitative estimate of drug-likeness (QED) is 0.501. The van der Waals surface area contributed by atoms with Crippen LogP contribution in [0.2, 0.25) is 5.02 Å². The summed E-state index contributed by atoms with van der Waals surface area (Å²) in [6, 6.07) is 20.2. The molecule has 2 N–H and O–H groups in total. The molecule has 0 radical (unpaired) electrons. The molecule has 7 heteroatoms. The van der Waals surface area contributed by atoms with Crippen LogP contribution in [0.15, 0.2) is 66.7 Å². The first-order chi connectivity index (χ1) is 17.4. The van der Waals surface area contributed by atoms with Crippen LogP contribution >= 0.6 is 11.6 Å². The maximum Gasteiger partial charge on any atom is 0.255 e. The van der Waals surface area contributed by atoms with E-state index in [0.717, 1.165) is 60.6 Å². The van der Waals surface area contributed by atoms with E-state index in [1.54, 1.807) is 18.2 Å². The number of phenolic OH excluding ortho intramolecular Hbond substituents is 1. The van der Waals surface area contributed by atoms with E-state index in [-0.39, 0.29) is 35.2 Å². The number of amides is 2. The summed E-state index contributed by atoms with van der Waals surface area (Å²) in [5.74, 6) is -0.353. The number of piperidine rings is 1. The Kier molecular flexibility index (Phi) is 6.88. The molecular formula is C29H30ClN3O3. The average Bonchev–Trinajstić information content (AvgIpc) is 3.30. The fourth-order valence-corrected chi connectivity index (χ4v) is 5.45. The molecule has 1 fully saturated rings. The van der Waals surface area contributed by atoms with Crippen molar-refractivity contribution in [1.82, 2.24) is 10.2 Å². The predicted molar refractivity (Wildman–Crippen MR) is 142 cm³/mol. The van der Waals surface area contributed by atoms with Crippen LogP contribution in [0.4, 0.5) is 5.69 Å². The molecule has 1 atom stereocenters. The zero-order valence-corrected chi connectivity index (χ0v) is 21.0.